The van der Waals surface area contributed by atoms with Crippen LogP contribution in [0, 0.1) is 20.2 Å². The topological polar surface area (TPSA) is 145 Å². The lowest BCUT2D eigenvalue weighted by atomic mass is 10.1. The van der Waals surface area contributed by atoms with Gasteiger partial charge in [-0.3, -0.25) is 29.8 Å². The minimum atomic E-state index is -0.575. The molecule has 0 spiro atoms. The monoisotopic (exact) mass is 500 g/mol. The second-order valence-electron chi connectivity index (χ2n) is 8.16. The molecule has 0 bridgehead atoms. The van der Waals surface area contributed by atoms with Gasteiger partial charge in [0.25, 0.3) is 23.2 Å². The minimum Gasteiger partial charge on any atom is -0.493 e. The van der Waals surface area contributed by atoms with Gasteiger partial charge in [0.15, 0.2) is 0 Å². The van der Waals surface area contributed by atoms with Gasteiger partial charge in [0.05, 0.1) is 34.2 Å². The number of nitrogens with zero attached hydrogens (tertiary/aromatic N) is 4. The molecule has 36 heavy (non-hydrogen) atoms. The van der Waals surface area contributed by atoms with Gasteiger partial charge in [-0.1, -0.05) is 13.8 Å². The molecular formula is C24H28N4O8. The molecule has 2 amide bonds. The fourth-order valence-electron chi connectivity index (χ4n) is 3.73. The summed E-state index contributed by atoms with van der Waals surface area (Å²) in [5.41, 5.74) is -0.264. The Labute approximate surface area is 207 Å². The van der Waals surface area contributed by atoms with Crippen LogP contribution in [0.5, 0.6) is 11.5 Å². The van der Waals surface area contributed by atoms with Gasteiger partial charge < -0.3 is 19.3 Å². The van der Waals surface area contributed by atoms with Crippen molar-refractivity contribution in [1.29, 1.82) is 0 Å². The van der Waals surface area contributed by atoms with Gasteiger partial charge >= 0.3 is 0 Å². The maximum absolute atomic E-state index is 13.2. The van der Waals surface area contributed by atoms with Gasteiger partial charge in [-0.25, -0.2) is 0 Å². The molecule has 0 unspecified atom stereocenters. The Balaban J connectivity index is 1.77. The van der Waals surface area contributed by atoms with Gasteiger partial charge in [0, 0.05) is 50.4 Å². The summed E-state index contributed by atoms with van der Waals surface area (Å²) >= 11 is 0. The third kappa shape index (κ3) is 6.06. The molecule has 0 aromatic heterocycles. The first kappa shape index (κ1) is 26.4. The van der Waals surface area contributed by atoms with Gasteiger partial charge in [0.2, 0.25) is 0 Å². The Morgan fingerprint density at radius 2 is 1.11 bits per heavy atom. The smallest absolute Gasteiger partial charge is 0.270 e. The van der Waals surface area contributed by atoms with Crippen LogP contribution >= 0.6 is 0 Å². The molecule has 2 aromatic rings. The van der Waals surface area contributed by atoms with E-state index in [0.29, 0.717) is 26.1 Å². The number of carbonyl (C=O) groups is 2. The number of nitro groups is 2. The predicted octanol–water partition coefficient (Wildman–Crippen LogP) is 3.68. The summed E-state index contributed by atoms with van der Waals surface area (Å²) in [5.74, 6) is -0.334. The molecule has 1 aliphatic rings. The summed E-state index contributed by atoms with van der Waals surface area (Å²) in [6, 6.07) is 7.81. The second kappa shape index (κ2) is 12.0. The van der Waals surface area contributed by atoms with Crippen molar-refractivity contribution in [2.24, 2.45) is 0 Å². The fourth-order valence-corrected chi connectivity index (χ4v) is 3.73. The number of rotatable bonds is 10. The molecule has 2 aromatic carbocycles. The molecule has 1 fully saturated rings. The highest BCUT2D eigenvalue weighted by atomic mass is 16.6. The van der Waals surface area contributed by atoms with E-state index in [1.54, 1.807) is 0 Å². The number of benzene rings is 2. The predicted molar refractivity (Wildman–Crippen MR) is 130 cm³/mol. The van der Waals surface area contributed by atoms with Crippen LogP contribution in [0.2, 0.25) is 0 Å². The number of piperazine rings is 1. The van der Waals surface area contributed by atoms with Crippen molar-refractivity contribution >= 4 is 23.2 Å². The SMILES string of the molecule is CCCOc1ccc([N+](=O)[O-])cc1C(=O)N1CCN(C(=O)c2cc([N+](=O)[O-])ccc2OCCC)CC1. The van der Waals surface area contributed by atoms with E-state index >= 15 is 0 Å². The van der Waals surface area contributed by atoms with E-state index in [-0.39, 0.29) is 60.2 Å². The molecule has 0 N–H and O–H groups in total. The Morgan fingerprint density at radius 1 is 0.750 bits per heavy atom. The zero-order valence-corrected chi connectivity index (χ0v) is 20.2. The average Bonchev–Trinajstić information content (AvgIpc) is 2.89. The molecule has 0 saturated carbocycles. The third-order valence-electron chi connectivity index (χ3n) is 5.59. The molecule has 1 heterocycles. The highest BCUT2D eigenvalue weighted by molar-refractivity contribution is 5.99. The quantitative estimate of drug-likeness (QED) is 0.355. The molecule has 12 nitrogen and oxygen atoms in total. The molecule has 1 saturated heterocycles. The zero-order chi connectivity index (χ0) is 26.2. The number of hydrogen-bond donors (Lipinski definition) is 0. The van der Waals surface area contributed by atoms with Crippen molar-refractivity contribution in [3.63, 3.8) is 0 Å². The van der Waals surface area contributed by atoms with Crippen LogP contribution in [-0.4, -0.2) is 70.9 Å². The van der Waals surface area contributed by atoms with E-state index in [1.165, 1.54) is 46.2 Å². The lowest BCUT2D eigenvalue weighted by Crippen LogP contribution is -2.50. The highest BCUT2D eigenvalue weighted by Gasteiger charge is 2.30. The maximum Gasteiger partial charge on any atom is 0.270 e. The van der Waals surface area contributed by atoms with Crippen LogP contribution in [0.3, 0.4) is 0 Å². The Kier molecular flexibility index (Phi) is 8.76. The van der Waals surface area contributed by atoms with Crippen LogP contribution in [0.4, 0.5) is 11.4 Å². The first-order valence-electron chi connectivity index (χ1n) is 11.7. The minimum absolute atomic E-state index is 0.0892. The highest BCUT2D eigenvalue weighted by Crippen LogP contribution is 2.28. The van der Waals surface area contributed by atoms with Crippen molar-refractivity contribution in [1.82, 2.24) is 9.80 Å². The van der Waals surface area contributed by atoms with Crippen molar-refractivity contribution in [2.45, 2.75) is 26.7 Å². The van der Waals surface area contributed by atoms with Crippen molar-refractivity contribution in [3.8, 4) is 11.5 Å². The molecule has 0 aliphatic carbocycles. The maximum atomic E-state index is 13.2. The molecule has 1 aliphatic heterocycles. The number of non-ortho nitro benzene ring substituents is 2. The first-order chi connectivity index (χ1) is 17.3. The number of carbonyl (C=O) groups excluding carboxylic acids is 2. The van der Waals surface area contributed by atoms with Gasteiger partial charge in [0.1, 0.15) is 11.5 Å². The van der Waals surface area contributed by atoms with E-state index in [1.807, 2.05) is 13.8 Å². The number of nitro benzene ring substituents is 2. The summed E-state index contributed by atoms with van der Waals surface area (Å²) in [5, 5.41) is 22.5. The van der Waals surface area contributed by atoms with Crippen LogP contribution in [0.25, 0.3) is 0 Å². The summed E-state index contributed by atoms with van der Waals surface area (Å²) in [4.78, 5) is 50.8. The molecule has 0 radical (unpaired) electrons. The summed E-state index contributed by atoms with van der Waals surface area (Å²) in [7, 11) is 0. The van der Waals surface area contributed by atoms with E-state index < -0.39 is 21.7 Å². The molecular weight excluding hydrogens is 472 g/mol. The number of amides is 2. The second-order valence-corrected chi connectivity index (χ2v) is 8.16. The summed E-state index contributed by atoms with van der Waals surface area (Å²) in [6.45, 7) is 5.24. The normalized spacial score (nSPS) is 13.3. The number of ether oxygens (including phenoxy) is 2. The fraction of sp³-hybridized carbons (Fsp3) is 0.417. The van der Waals surface area contributed by atoms with Gasteiger partial charge in [-0.15, -0.1) is 0 Å². The molecule has 192 valence electrons. The lowest BCUT2D eigenvalue weighted by Gasteiger charge is -2.35. The van der Waals surface area contributed by atoms with Crippen LogP contribution in [0.15, 0.2) is 36.4 Å². The summed E-state index contributed by atoms with van der Waals surface area (Å²) in [6.07, 6.45) is 1.40. The Hall–Kier alpha value is -4.22. The van der Waals surface area contributed by atoms with E-state index in [4.69, 9.17) is 9.47 Å². The Morgan fingerprint density at radius 3 is 1.42 bits per heavy atom. The third-order valence-corrected chi connectivity index (χ3v) is 5.59. The van der Waals surface area contributed by atoms with Crippen LogP contribution < -0.4 is 9.47 Å². The Bertz CT molecular complexity index is 1060. The van der Waals surface area contributed by atoms with Gasteiger partial charge in [-0.2, -0.15) is 0 Å². The van der Waals surface area contributed by atoms with Crippen molar-refractivity contribution < 1.29 is 28.9 Å². The molecule has 12 heteroatoms. The van der Waals surface area contributed by atoms with Crippen molar-refractivity contribution in [3.05, 3.63) is 67.8 Å². The zero-order valence-electron chi connectivity index (χ0n) is 20.2. The van der Waals surface area contributed by atoms with E-state index in [2.05, 4.69) is 0 Å². The lowest BCUT2D eigenvalue weighted by molar-refractivity contribution is -0.385. The standard InChI is InChI=1S/C24H28N4O8/c1-3-13-35-21-7-5-17(27(31)32)15-19(21)23(29)25-9-11-26(12-10-25)24(30)20-16-18(28(33)34)6-8-22(20)36-14-4-2/h5-8,15-16H,3-4,9-14H2,1-2H3. The van der Waals surface area contributed by atoms with E-state index in [9.17, 15) is 29.8 Å². The van der Waals surface area contributed by atoms with Crippen molar-refractivity contribution in [2.75, 3.05) is 39.4 Å². The first-order valence-corrected chi connectivity index (χ1v) is 11.7. The summed E-state index contributed by atoms with van der Waals surface area (Å²) < 4.78 is 11.2. The molecule has 3 rings (SSSR count). The molecule has 0 atom stereocenters. The average molecular weight is 501 g/mol. The van der Waals surface area contributed by atoms with Crippen LogP contribution in [0.1, 0.15) is 47.4 Å². The van der Waals surface area contributed by atoms with Gasteiger partial charge in [-0.05, 0) is 25.0 Å². The van der Waals surface area contributed by atoms with Crippen LogP contribution in [-0.2, 0) is 0 Å². The largest absolute Gasteiger partial charge is 0.493 e. The number of hydrogen-bond acceptors (Lipinski definition) is 8. The van der Waals surface area contributed by atoms with E-state index in [0.717, 1.165) is 0 Å².